The molecule has 0 radical (unpaired) electrons. The quantitative estimate of drug-likeness (QED) is 0.335. The van der Waals surface area contributed by atoms with E-state index in [0.717, 1.165) is 24.1 Å². The average molecular weight is 410 g/mol. The van der Waals surface area contributed by atoms with E-state index in [-0.39, 0.29) is 12.5 Å². The Morgan fingerprint density at radius 3 is 2.60 bits per heavy atom. The highest BCUT2D eigenvalue weighted by molar-refractivity contribution is 6.35. The second-order valence-electron chi connectivity index (χ2n) is 6.38. The number of hydrazone groups is 1. The van der Waals surface area contributed by atoms with Gasteiger partial charge in [-0.3, -0.25) is 14.4 Å². The summed E-state index contributed by atoms with van der Waals surface area (Å²) in [7, 11) is 0. The first-order valence-corrected chi connectivity index (χ1v) is 9.75. The molecular formula is C22H26N4O4. The third-order valence-corrected chi connectivity index (χ3v) is 4.02. The number of para-hydroxylation sites is 1. The maximum atomic E-state index is 12.2. The molecule has 8 heteroatoms. The highest BCUT2D eigenvalue weighted by atomic mass is 16.5. The summed E-state index contributed by atoms with van der Waals surface area (Å²) in [5, 5.41) is 9.06. The van der Waals surface area contributed by atoms with E-state index in [9.17, 15) is 14.4 Å². The minimum Gasteiger partial charge on any atom is -0.484 e. The summed E-state index contributed by atoms with van der Waals surface area (Å²) in [6.07, 6.45) is 2.93. The lowest BCUT2D eigenvalue weighted by Gasteiger charge is -2.10. The van der Waals surface area contributed by atoms with Gasteiger partial charge >= 0.3 is 11.8 Å². The molecule has 0 saturated carbocycles. The SMILES string of the molecule is CCCNC(=O)C(=O)N/N=C\c1cccc(OCC(=O)Nc2ccccc2CC)c1. The molecule has 0 heterocycles. The Morgan fingerprint density at radius 2 is 1.83 bits per heavy atom. The highest BCUT2D eigenvalue weighted by Crippen LogP contribution is 2.16. The van der Waals surface area contributed by atoms with Crippen LogP contribution in [-0.2, 0) is 20.8 Å². The monoisotopic (exact) mass is 410 g/mol. The van der Waals surface area contributed by atoms with Gasteiger partial charge in [0.2, 0.25) is 0 Å². The Labute approximate surface area is 175 Å². The van der Waals surface area contributed by atoms with Crippen LogP contribution in [0.1, 0.15) is 31.4 Å². The van der Waals surface area contributed by atoms with E-state index >= 15 is 0 Å². The fraction of sp³-hybridized carbons (Fsp3) is 0.273. The lowest BCUT2D eigenvalue weighted by atomic mass is 10.1. The van der Waals surface area contributed by atoms with E-state index in [1.54, 1.807) is 24.3 Å². The molecule has 2 aromatic carbocycles. The van der Waals surface area contributed by atoms with Crippen molar-refractivity contribution in [2.75, 3.05) is 18.5 Å². The molecule has 2 rings (SSSR count). The van der Waals surface area contributed by atoms with E-state index in [4.69, 9.17) is 4.74 Å². The van der Waals surface area contributed by atoms with Gasteiger partial charge in [-0.25, -0.2) is 5.43 Å². The lowest BCUT2D eigenvalue weighted by Crippen LogP contribution is -2.38. The van der Waals surface area contributed by atoms with Crippen molar-refractivity contribution in [1.29, 1.82) is 0 Å². The van der Waals surface area contributed by atoms with Crippen molar-refractivity contribution in [3.8, 4) is 5.75 Å². The summed E-state index contributed by atoms with van der Waals surface area (Å²) in [6, 6.07) is 14.5. The molecule has 158 valence electrons. The summed E-state index contributed by atoms with van der Waals surface area (Å²) in [5.41, 5.74) is 4.62. The number of rotatable bonds is 9. The van der Waals surface area contributed by atoms with Crippen LogP contribution in [0.3, 0.4) is 0 Å². The Hall–Kier alpha value is -3.68. The smallest absolute Gasteiger partial charge is 0.329 e. The van der Waals surface area contributed by atoms with Crippen molar-refractivity contribution >= 4 is 29.6 Å². The molecule has 8 nitrogen and oxygen atoms in total. The number of amides is 3. The number of nitrogens with one attached hydrogen (secondary N) is 3. The van der Waals surface area contributed by atoms with E-state index < -0.39 is 11.8 Å². The molecular weight excluding hydrogens is 384 g/mol. The number of hydrogen-bond donors (Lipinski definition) is 3. The highest BCUT2D eigenvalue weighted by Gasteiger charge is 2.11. The third-order valence-electron chi connectivity index (χ3n) is 4.02. The largest absolute Gasteiger partial charge is 0.484 e. The van der Waals surface area contributed by atoms with Gasteiger partial charge in [-0.05, 0) is 42.2 Å². The van der Waals surface area contributed by atoms with Crippen LogP contribution in [-0.4, -0.2) is 37.1 Å². The fourth-order valence-electron chi connectivity index (χ4n) is 2.51. The zero-order valence-corrected chi connectivity index (χ0v) is 17.1. The molecule has 0 atom stereocenters. The number of benzene rings is 2. The predicted molar refractivity (Wildman–Crippen MR) is 115 cm³/mol. The Balaban J connectivity index is 1.85. The number of aryl methyl sites for hydroxylation is 1. The molecule has 0 aromatic heterocycles. The molecule has 0 aliphatic carbocycles. The van der Waals surface area contributed by atoms with Crippen molar-refractivity contribution < 1.29 is 19.1 Å². The van der Waals surface area contributed by atoms with Gasteiger partial charge in [0, 0.05) is 12.2 Å². The number of hydrogen-bond acceptors (Lipinski definition) is 5. The zero-order chi connectivity index (χ0) is 21.8. The summed E-state index contributed by atoms with van der Waals surface area (Å²) in [6.45, 7) is 4.19. The number of carbonyl (C=O) groups is 3. The topological polar surface area (TPSA) is 109 Å². The molecule has 0 spiro atoms. The number of nitrogens with zero attached hydrogens (tertiary/aromatic N) is 1. The molecule has 2 aromatic rings. The molecule has 0 saturated heterocycles. The Morgan fingerprint density at radius 1 is 1.03 bits per heavy atom. The summed E-state index contributed by atoms with van der Waals surface area (Å²) < 4.78 is 5.54. The molecule has 0 fully saturated rings. The minimum atomic E-state index is -0.837. The van der Waals surface area contributed by atoms with Crippen LogP contribution in [0.5, 0.6) is 5.75 Å². The molecule has 3 amide bonds. The van der Waals surface area contributed by atoms with Crippen molar-refractivity contribution in [3.05, 3.63) is 59.7 Å². The van der Waals surface area contributed by atoms with Gasteiger partial charge in [0.1, 0.15) is 5.75 Å². The molecule has 0 unspecified atom stereocenters. The second kappa shape index (κ2) is 12.0. The Bertz CT molecular complexity index is 912. The van der Waals surface area contributed by atoms with Gasteiger partial charge in [-0.2, -0.15) is 5.10 Å². The fourth-order valence-corrected chi connectivity index (χ4v) is 2.51. The van der Waals surface area contributed by atoms with Crippen LogP contribution < -0.4 is 20.8 Å². The lowest BCUT2D eigenvalue weighted by molar-refractivity contribution is -0.139. The average Bonchev–Trinajstić information content (AvgIpc) is 2.76. The van der Waals surface area contributed by atoms with Crippen molar-refractivity contribution in [2.24, 2.45) is 5.10 Å². The van der Waals surface area contributed by atoms with Gasteiger partial charge in [0.25, 0.3) is 5.91 Å². The number of carbonyl (C=O) groups excluding carboxylic acids is 3. The molecule has 30 heavy (non-hydrogen) atoms. The number of ether oxygens (including phenoxy) is 1. The minimum absolute atomic E-state index is 0.146. The van der Waals surface area contributed by atoms with Gasteiger partial charge in [0.15, 0.2) is 6.61 Å². The van der Waals surface area contributed by atoms with Crippen molar-refractivity contribution in [2.45, 2.75) is 26.7 Å². The molecule has 0 bridgehead atoms. The van der Waals surface area contributed by atoms with E-state index in [1.165, 1.54) is 6.21 Å². The van der Waals surface area contributed by atoms with Crippen LogP contribution >= 0.6 is 0 Å². The normalized spacial score (nSPS) is 10.5. The number of anilines is 1. The summed E-state index contributed by atoms with van der Waals surface area (Å²) in [5.74, 6) is -1.36. The van der Waals surface area contributed by atoms with Crippen molar-refractivity contribution in [3.63, 3.8) is 0 Å². The predicted octanol–water partition coefficient (Wildman–Crippen LogP) is 2.24. The summed E-state index contributed by atoms with van der Waals surface area (Å²) >= 11 is 0. The Kier molecular flexibility index (Phi) is 9.05. The second-order valence-corrected chi connectivity index (χ2v) is 6.38. The van der Waals surface area contributed by atoms with Gasteiger partial charge in [0.05, 0.1) is 6.21 Å². The molecule has 0 aliphatic heterocycles. The third kappa shape index (κ3) is 7.38. The van der Waals surface area contributed by atoms with Crippen LogP contribution in [0.25, 0.3) is 0 Å². The zero-order valence-electron chi connectivity index (χ0n) is 17.1. The van der Waals surface area contributed by atoms with Crippen LogP contribution in [0, 0.1) is 0 Å². The van der Waals surface area contributed by atoms with E-state index in [2.05, 4.69) is 21.2 Å². The maximum Gasteiger partial charge on any atom is 0.329 e. The van der Waals surface area contributed by atoms with Gasteiger partial charge in [-0.15, -0.1) is 0 Å². The van der Waals surface area contributed by atoms with E-state index in [0.29, 0.717) is 17.9 Å². The van der Waals surface area contributed by atoms with Gasteiger partial charge in [-0.1, -0.05) is 44.2 Å². The van der Waals surface area contributed by atoms with Crippen LogP contribution in [0.2, 0.25) is 0 Å². The van der Waals surface area contributed by atoms with Crippen molar-refractivity contribution in [1.82, 2.24) is 10.7 Å². The first kappa shape index (κ1) is 22.6. The van der Waals surface area contributed by atoms with Gasteiger partial charge < -0.3 is 15.4 Å². The first-order chi connectivity index (χ1) is 14.5. The molecule has 0 aliphatic rings. The maximum absolute atomic E-state index is 12.2. The summed E-state index contributed by atoms with van der Waals surface area (Å²) in [4.78, 5) is 35.2. The van der Waals surface area contributed by atoms with Crippen LogP contribution in [0.15, 0.2) is 53.6 Å². The van der Waals surface area contributed by atoms with Crippen LogP contribution in [0.4, 0.5) is 5.69 Å². The van der Waals surface area contributed by atoms with E-state index in [1.807, 2.05) is 38.1 Å². The first-order valence-electron chi connectivity index (χ1n) is 9.75. The standard InChI is InChI=1S/C22H26N4O4/c1-3-12-23-21(28)22(29)26-24-14-16-8-7-10-18(13-16)30-15-20(27)25-19-11-6-5-9-17(19)4-2/h5-11,13-14H,3-4,12,15H2,1-2H3,(H,23,28)(H,25,27)(H,26,29)/b24-14-. The molecule has 3 N–H and O–H groups in total.